The molecule has 0 aromatic rings. The quantitative estimate of drug-likeness (QED) is 0.811. The van der Waals surface area contributed by atoms with Gasteiger partial charge in [-0.15, -0.1) is 0 Å². The van der Waals surface area contributed by atoms with Gasteiger partial charge in [0.1, 0.15) is 5.54 Å². The van der Waals surface area contributed by atoms with Crippen molar-refractivity contribution in [2.24, 2.45) is 17.8 Å². The van der Waals surface area contributed by atoms with Crippen LogP contribution in [0.3, 0.4) is 0 Å². The fourth-order valence-corrected chi connectivity index (χ4v) is 3.78. The number of hydrogen-bond donors (Lipinski definition) is 1. The highest BCUT2D eigenvalue weighted by molar-refractivity contribution is 5.17. The van der Waals surface area contributed by atoms with E-state index in [0.29, 0.717) is 12.0 Å². The summed E-state index contributed by atoms with van der Waals surface area (Å²) < 4.78 is 0. The minimum absolute atomic E-state index is 0.305. The van der Waals surface area contributed by atoms with Crippen LogP contribution < -0.4 is 5.32 Å². The Hall–Kier alpha value is -0.590. The van der Waals surface area contributed by atoms with Gasteiger partial charge in [-0.2, -0.15) is 5.26 Å². The molecule has 1 aliphatic carbocycles. The molecule has 1 heterocycles. The third-order valence-electron chi connectivity index (χ3n) is 5.34. The monoisotopic (exact) mass is 277 g/mol. The molecule has 114 valence electrons. The second-order valence-corrected chi connectivity index (χ2v) is 7.27. The zero-order chi connectivity index (χ0) is 14.8. The van der Waals surface area contributed by atoms with Gasteiger partial charge in [-0.05, 0) is 56.9 Å². The average Bonchev–Trinajstić information content (AvgIpc) is 3.25. The van der Waals surface area contributed by atoms with Crippen molar-refractivity contribution in [3.63, 3.8) is 0 Å². The summed E-state index contributed by atoms with van der Waals surface area (Å²) >= 11 is 0. The molecule has 0 aromatic heterocycles. The Morgan fingerprint density at radius 2 is 2.00 bits per heavy atom. The molecule has 1 saturated heterocycles. The van der Waals surface area contributed by atoms with Crippen LogP contribution in [-0.4, -0.2) is 36.1 Å². The second kappa shape index (κ2) is 6.45. The summed E-state index contributed by atoms with van der Waals surface area (Å²) in [6, 6.07) is 3.26. The molecule has 2 aliphatic rings. The van der Waals surface area contributed by atoms with Crippen molar-refractivity contribution >= 4 is 0 Å². The smallest absolute Gasteiger partial charge is 0.122 e. The van der Waals surface area contributed by atoms with Crippen LogP contribution >= 0.6 is 0 Å². The van der Waals surface area contributed by atoms with Gasteiger partial charge in [0.25, 0.3) is 0 Å². The lowest BCUT2D eigenvalue weighted by atomic mass is 9.84. The SMILES string of the molecule is CCCNC(C#N)(CN1CC(C)CC(C)C1C)C1CC1. The van der Waals surface area contributed by atoms with E-state index in [1.807, 2.05) is 0 Å². The van der Waals surface area contributed by atoms with E-state index in [-0.39, 0.29) is 5.54 Å². The van der Waals surface area contributed by atoms with Gasteiger partial charge < -0.3 is 0 Å². The maximum atomic E-state index is 9.82. The van der Waals surface area contributed by atoms with Crippen LogP contribution in [0.5, 0.6) is 0 Å². The van der Waals surface area contributed by atoms with Crippen molar-refractivity contribution in [3.05, 3.63) is 0 Å². The molecule has 1 aliphatic heterocycles. The molecule has 4 atom stereocenters. The first-order chi connectivity index (χ1) is 9.52. The van der Waals surface area contributed by atoms with Gasteiger partial charge in [0.15, 0.2) is 0 Å². The van der Waals surface area contributed by atoms with Crippen molar-refractivity contribution in [2.75, 3.05) is 19.6 Å². The lowest BCUT2D eigenvalue weighted by Gasteiger charge is -2.44. The van der Waals surface area contributed by atoms with Crippen LogP contribution in [-0.2, 0) is 0 Å². The van der Waals surface area contributed by atoms with Crippen LogP contribution in [0.4, 0.5) is 0 Å². The van der Waals surface area contributed by atoms with E-state index >= 15 is 0 Å². The van der Waals surface area contributed by atoms with E-state index in [2.05, 4.69) is 44.0 Å². The number of nitriles is 1. The number of nitrogens with zero attached hydrogens (tertiary/aromatic N) is 2. The molecule has 2 rings (SSSR count). The predicted molar refractivity (Wildman–Crippen MR) is 83.3 cm³/mol. The van der Waals surface area contributed by atoms with Gasteiger partial charge in [-0.25, -0.2) is 0 Å². The largest absolute Gasteiger partial charge is 0.298 e. The number of likely N-dealkylation sites (tertiary alicyclic amines) is 1. The Morgan fingerprint density at radius 3 is 2.55 bits per heavy atom. The fraction of sp³-hybridized carbons (Fsp3) is 0.941. The Bertz CT molecular complexity index is 358. The molecule has 3 nitrogen and oxygen atoms in total. The molecule has 2 fully saturated rings. The number of hydrogen-bond acceptors (Lipinski definition) is 3. The van der Waals surface area contributed by atoms with E-state index in [1.54, 1.807) is 0 Å². The lowest BCUT2D eigenvalue weighted by Crippen LogP contribution is -2.59. The molecule has 0 spiro atoms. The predicted octanol–water partition coefficient (Wildman–Crippen LogP) is 3.02. The van der Waals surface area contributed by atoms with Gasteiger partial charge in [0.05, 0.1) is 6.07 Å². The van der Waals surface area contributed by atoms with Gasteiger partial charge >= 0.3 is 0 Å². The van der Waals surface area contributed by atoms with Crippen LogP contribution in [0, 0.1) is 29.1 Å². The average molecular weight is 277 g/mol. The van der Waals surface area contributed by atoms with E-state index in [9.17, 15) is 5.26 Å². The van der Waals surface area contributed by atoms with E-state index in [4.69, 9.17) is 0 Å². The highest BCUT2D eigenvalue weighted by Crippen LogP contribution is 2.41. The molecule has 1 saturated carbocycles. The van der Waals surface area contributed by atoms with Crippen LogP contribution in [0.15, 0.2) is 0 Å². The van der Waals surface area contributed by atoms with Crippen LogP contribution in [0.1, 0.15) is 53.4 Å². The summed E-state index contributed by atoms with van der Waals surface area (Å²) in [6.07, 6.45) is 4.86. The standard InChI is InChI=1S/C17H31N3/c1-5-8-19-17(11-18,16-6-7-16)12-20-10-13(2)9-14(3)15(20)4/h13-16,19H,5-10,12H2,1-4H3. The van der Waals surface area contributed by atoms with Crippen molar-refractivity contribution < 1.29 is 0 Å². The maximum absolute atomic E-state index is 9.82. The van der Waals surface area contributed by atoms with Crippen molar-refractivity contribution in [2.45, 2.75) is 65.0 Å². The van der Waals surface area contributed by atoms with E-state index in [1.165, 1.54) is 19.3 Å². The molecule has 0 radical (unpaired) electrons. The lowest BCUT2D eigenvalue weighted by molar-refractivity contribution is 0.0562. The zero-order valence-electron chi connectivity index (χ0n) is 13.7. The Morgan fingerprint density at radius 1 is 1.30 bits per heavy atom. The minimum Gasteiger partial charge on any atom is -0.298 e. The fourth-order valence-electron chi connectivity index (χ4n) is 3.78. The zero-order valence-corrected chi connectivity index (χ0v) is 13.7. The normalized spacial score (nSPS) is 34.5. The summed E-state index contributed by atoms with van der Waals surface area (Å²) in [5.74, 6) is 2.06. The third kappa shape index (κ3) is 3.35. The van der Waals surface area contributed by atoms with Crippen molar-refractivity contribution in [3.8, 4) is 6.07 Å². The van der Waals surface area contributed by atoms with Gasteiger partial charge in [0.2, 0.25) is 0 Å². The number of nitrogens with one attached hydrogen (secondary N) is 1. The summed E-state index contributed by atoms with van der Waals surface area (Å²) in [5.41, 5.74) is -0.305. The Labute approximate surface area is 124 Å². The Kier molecular flexibility index (Phi) is 5.09. The first kappa shape index (κ1) is 15.8. The molecule has 1 N–H and O–H groups in total. The molecular formula is C17H31N3. The molecule has 3 heteroatoms. The summed E-state index contributed by atoms with van der Waals surface area (Å²) in [5, 5.41) is 13.4. The topological polar surface area (TPSA) is 39.1 Å². The van der Waals surface area contributed by atoms with Crippen LogP contribution in [0.2, 0.25) is 0 Å². The summed E-state index contributed by atoms with van der Waals surface area (Å²) in [4.78, 5) is 2.57. The molecule has 4 unspecified atom stereocenters. The third-order valence-corrected chi connectivity index (χ3v) is 5.34. The summed E-state index contributed by atoms with van der Waals surface area (Å²) in [7, 11) is 0. The molecule has 0 amide bonds. The first-order valence-electron chi connectivity index (χ1n) is 8.42. The molecule has 0 aromatic carbocycles. The van der Waals surface area contributed by atoms with E-state index < -0.39 is 0 Å². The second-order valence-electron chi connectivity index (χ2n) is 7.27. The molecule has 20 heavy (non-hydrogen) atoms. The molecule has 0 bridgehead atoms. The highest BCUT2D eigenvalue weighted by Gasteiger charge is 2.47. The first-order valence-corrected chi connectivity index (χ1v) is 8.42. The Balaban J connectivity index is 2.08. The van der Waals surface area contributed by atoms with Crippen molar-refractivity contribution in [1.82, 2.24) is 10.2 Å². The number of rotatable bonds is 6. The highest BCUT2D eigenvalue weighted by atomic mass is 15.2. The van der Waals surface area contributed by atoms with Crippen molar-refractivity contribution in [1.29, 1.82) is 5.26 Å². The number of piperidine rings is 1. The van der Waals surface area contributed by atoms with E-state index in [0.717, 1.165) is 37.9 Å². The molecular weight excluding hydrogens is 246 g/mol. The maximum Gasteiger partial charge on any atom is 0.122 e. The van der Waals surface area contributed by atoms with Gasteiger partial charge in [0, 0.05) is 19.1 Å². The minimum atomic E-state index is -0.305. The van der Waals surface area contributed by atoms with Gasteiger partial charge in [-0.3, -0.25) is 10.2 Å². The van der Waals surface area contributed by atoms with Gasteiger partial charge in [-0.1, -0.05) is 20.8 Å². The van der Waals surface area contributed by atoms with Crippen LogP contribution in [0.25, 0.3) is 0 Å². The summed E-state index contributed by atoms with van der Waals surface area (Å²) in [6.45, 7) is 12.2.